The minimum absolute atomic E-state index is 0.0609. The highest BCUT2D eigenvalue weighted by Crippen LogP contribution is 2.44. The maximum Gasteiger partial charge on any atom is 0.472 e. The van der Waals surface area contributed by atoms with Crippen LogP contribution in [0.5, 0.6) is 0 Å². The highest BCUT2D eigenvalue weighted by molar-refractivity contribution is 7.47. The molecule has 16 nitrogen and oxygen atoms in total. The predicted octanol–water partition coefficient (Wildman–Crippen LogP) is 8.05. The minimum atomic E-state index is -4.90. The van der Waals surface area contributed by atoms with Crippen LogP contribution in [0.3, 0.4) is 0 Å². The lowest BCUT2D eigenvalue weighted by molar-refractivity contribution is -0.160. The predicted molar refractivity (Wildman–Crippen MR) is 237 cm³/mol. The molecule has 1 rings (SSSR count). The number of aliphatic hydroxyl groups is 4. The number of phosphoric acid groups is 2. The highest BCUT2D eigenvalue weighted by atomic mass is 31.2. The van der Waals surface area contributed by atoms with Crippen LogP contribution in [0.1, 0.15) is 162 Å². The third kappa shape index (κ3) is 32.0. The Labute approximate surface area is 370 Å². The summed E-state index contributed by atoms with van der Waals surface area (Å²) in [6.45, 7) is 1.28. The van der Waals surface area contributed by atoms with Crippen molar-refractivity contribution in [2.45, 2.75) is 192 Å². The summed E-state index contributed by atoms with van der Waals surface area (Å²) < 4.78 is 47.8. The SMILES string of the molecule is CCCCCCCC/C=C\CCCCCCCCCC(=O)O[C@H](COC(=O)C/C=C\C[C@H]1[C@@H](/C=C/[C@H](O)CCCCC)[C@H](O)C[C@@H]1O)COP(=O)(O)OC[C@@H](O)COP(=O)(O)O. The number of allylic oxidation sites excluding steroid dienone is 3. The van der Waals surface area contributed by atoms with E-state index in [0.29, 0.717) is 19.3 Å². The lowest BCUT2D eigenvalue weighted by Gasteiger charge is -2.20. The van der Waals surface area contributed by atoms with E-state index in [9.17, 15) is 44.0 Å². The van der Waals surface area contributed by atoms with Gasteiger partial charge in [-0.05, 0) is 50.9 Å². The second-order valence-corrected chi connectivity index (χ2v) is 19.0. The number of hydrogen-bond acceptors (Lipinski definition) is 13. The van der Waals surface area contributed by atoms with Gasteiger partial charge in [0, 0.05) is 18.8 Å². The van der Waals surface area contributed by atoms with E-state index >= 15 is 0 Å². The number of phosphoric ester groups is 2. The van der Waals surface area contributed by atoms with Gasteiger partial charge in [-0.3, -0.25) is 23.2 Å². The summed E-state index contributed by atoms with van der Waals surface area (Å²) in [6, 6.07) is 0. The van der Waals surface area contributed by atoms with Crippen molar-refractivity contribution in [3.8, 4) is 0 Å². The molecule has 1 aliphatic carbocycles. The molecule has 362 valence electrons. The Bertz CT molecular complexity index is 1350. The number of carbonyl (C=O) groups is 2. The number of esters is 2. The summed E-state index contributed by atoms with van der Waals surface area (Å²) in [5, 5.41) is 41.1. The van der Waals surface area contributed by atoms with Crippen LogP contribution in [0.15, 0.2) is 36.5 Å². The van der Waals surface area contributed by atoms with Gasteiger partial charge in [0.2, 0.25) is 0 Å². The van der Waals surface area contributed by atoms with Gasteiger partial charge in [0.1, 0.15) is 12.7 Å². The Morgan fingerprint density at radius 2 is 1.23 bits per heavy atom. The molecule has 0 radical (unpaired) electrons. The van der Waals surface area contributed by atoms with E-state index in [1.807, 2.05) is 0 Å². The van der Waals surface area contributed by atoms with Gasteiger partial charge in [0.15, 0.2) is 6.10 Å². The van der Waals surface area contributed by atoms with Crippen LogP contribution in [-0.4, -0.2) is 104 Å². The molecule has 0 spiro atoms. The summed E-state index contributed by atoms with van der Waals surface area (Å²) in [5.41, 5.74) is 0. The molecule has 0 heterocycles. The van der Waals surface area contributed by atoms with Crippen molar-refractivity contribution in [3.63, 3.8) is 0 Å². The fraction of sp³-hybridized carbons (Fsp3) is 0.818. The first-order chi connectivity index (χ1) is 29.6. The van der Waals surface area contributed by atoms with Crippen molar-refractivity contribution in [1.82, 2.24) is 0 Å². The quantitative estimate of drug-likeness (QED) is 0.0133. The summed E-state index contributed by atoms with van der Waals surface area (Å²) in [6.07, 6.45) is 26.9. The Balaban J connectivity index is 2.59. The van der Waals surface area contributed by atoms with Crippen LogP contribution in [-0.2, 0) is 41.8 Å². The molecular weight excluding hydrogens is 846 g/mol. The number of ether oxygens (including phenoxy) is 2. The number of aliphatic hydroxyl groups excluding tert-OH is 4. The molecule has 1 fully saturated rings. The largest absolute Gasteiger partial charge is 0.472 e. The lowest BCUT2D eigenvalue weighted by Crippen LogP contribution is -2.29. The van der Waals surface area contributed by atoms with Crippen LogP contribution in [0, 0.1) is 11.8 Å². The van der Waals surface area contributed by atoms with Crippen LogP contribution < -0.4 is 0 Å². The van der Waals surface area contributed by atoms with Crippen molar-refractivity contribution >= 4 is 27.6 Å². The molecule has 62 heavy (non-hydrogen) atoms. The van der Waals surface area contributed by atoms with Gasteiger partial charge in [0.25, 0.3) is 0 Å². The Morgan fingerprint density at radius 3 is 1.85 bits per heavy atom. The zero-order valence-electron chi connectivity index (χ0n) is 37.3. The maximum atomic E-state index is 12.7. The molecule has 0 saturated heterocycles. The van der Waals surface area contributed by atoms with E-state index in [2.05, 4.69) is 35.0 Å². The molecule has 1 unspecified atom stereocenters. The molecule has 0 aliphatic heterocycles. The molecule has 18 heteroatoms. The van der Waals surface area contributed by atoms with E-state index in [1.165, 1.54) is 38.5 Å². The third-order valence-corrected chi connectivity index (χ3v) is 12.0. The summed E-state index contributed by atoms with van der Waals surface area (Å²) in [7, 11) is -9.79. The Morgan fingerprint density at radius 1 is 0.661 bits per heavy atom. The smallest absolute Gasteiger partial charge is 0.461 e. The number of hydrogen-bond donors (Lipinski definition) is 7. The molecule has 0 aromatic heterocycles. The fourth-order valence-electron chi connectivity index (χ4n) is 7.02. The summed E-state index contributed by atoms with van der Waals surface area (Å²) in [4.78, 5) is 53.0. The van der Waals surface area contributed by atoms with Gasteiger partial charge in [-0.25, -0.2) is 9.13 Å². The Hall–Kier alpha value is -1.78. The van der Waals surface area contributed by atoms with Crippen molar-refractivity contribution in [2.75, 3.05) is 26.4 Å². The van der Waals surface area contributed by atoms with Gasteiger partial charge in [-0.15, -0.1) is 0 Å². The van der Waals surface area contributed by atoms with Crippen LogP contribution in [0.25, 0.3) is 0 Å². The van der Waals surface area contributed by atoms with Crippen LogP contribution in [0.2, 0.25) is 0 Å². The lowest BCUT2D eigenvalue weighted by atomic mass is 9.89. The molecule has 0 aromatic carbocycles. The first kappa shape index (κ1) is 58.2. The van der Waals surface area contributed by atoms with Crippen LogP contribution in [0.4, 0.5) is 0 Å². The Kier molecular flexibility index (Phi) is 33.3. The number of rotatable bonds is 39. The molecule has 0 amide bonds. The first-order valence-electron chi connectivity index (χ1n) is 22.9. The second-order valence-electron chi connectivity index (χ2n) is 16.3. The molecular formula is C44H80O16P2. The molecule has 0 aromatic rings. The average molecular weight is 927 g/mol. The average Bonchev–Trinajstić information content (AvgIpc) is 3.49. The van der Waals surface area contributed by atoms with E-state index in [-0.39, 0.29) is 31.1 Å². The zero-order valence-corrected chi connectivity index (χ0v) is 39.1. The first-order valence-corrected chi connectivity index (χ1v) is 26.0. The van der Waals surface area contributed by atoms with E-state index in [0.717, 1.165) is 70.6 Å². The minimum Gasteiger partial charge on any atom is -0.461 e. The van der Waals surface area contributed by atoms with Gasteiger partial charge in [0.05, 0.1) is 44.6 Å². The highest BCUT2D eigenvalue weighted by Gasteiger charge is 2.39. The normalized spacial score (nSPS) is 20.9. The number of unbranched alkanes of at least 4 members (excludes halogenated alkanes) is 15. The summed E-state index contributed by atoms with van der Waals surface area (Å²) in [5.74, 6) is -2.04. The van der Waals surface area contributed by atoms with E-state index in [1.54, 1.807) is 24.3 Å². The second kappa shape index (κ2) is 35.5. The van der Waals surface area contributed by atoms with Crippen LogP contribution >= 0.6 is 15.6 Å². The van der Waals surface area contributed by atoms with Gasteiger partial charge in [-0.1, -0.05) is 134 Å². The van der Waals surface area contributed by atoms with Gasteiger partial charge < -0.3 is 44.6 Å². The van der Waals surface area contributed by atoms with E-state index < -0.39 is 84.5 Å². The van der Waals surface area contributed by atoms with Crippen molar-refractivity contribution in [2.24, 2.45) is 11.8 Å². The fourth-order valence-corrected chi connectivity index (χ4v) is 8.18. The van der Waals surface area contributed by atoms with Crippen molar-refractivity contribution < 1.29 is 76.9 Å². The summed E-state index contributed by atoms with van der Waals surface area (Å²) >= 11 is 0. The van der Waals surface area contributed by atoms with E-state index in [4.69, 9.17) is 23.8 Å². The third-order valence-electron chi connectivity index (χ3n) is 10.6. The maximum absolute atomic E-state index is 12.7. The zero-order chi connectivity index (χ0) is 46.1. The van der Waals surface area contributed by atoms with Crippen molar-refractivity contribution in [3.05, 3.63) is 36.5 Å². The topological polar surface area (TPSA) is 256 Å². The monoisotopic (exact) mass is 926 g/mol. The molecule has 0 bridgehead atoms. The van der Waals surface area contributed by atoms with Gasteiger partial charge >= 0.3 is 27.6 Å². The van der Waals surface area contributed by atoms with Crippen molar-refractivity contribution in [1.29, 1.82) is 0 Å². The molecule has 1 aliphatic rings. The molecule has 1 saturated carbocycles. The van der Waals surface area contributed by atoms with Gasteiger partial charge in [-0.2, -0.15) is 0 Å². The standard InChI is InChI=1S/C44H80O16P2/c1-3-5-7-8-9-10-11-12-13-14-15-16-17-18-19-20-22-28-44(50)60-38(35-59-62(54,55)58-33-37(46)32-57-61(51,52)53)34-56-43(49)27-24-23-26-39-40(42(48)31-41(39)47)30-29-36(45)25-21-6-4-2/h12-13,23-24,29-30,36-42,45-48H,3-11,14-22,25-28,31-35H2,1-2H3,(H,54,55)(H2,51,52,53)/b13-12-,24-23-,30-29+/t36-,37+,38-,39+,40-,41+,42-/m1/s1. The number of carbonyl (C=O) groups excluding carboxylic acids is 2. The molecule has 7 N–H and O–H groups in total. The molecule has 8 atom stereocenters.